The van der Waals surface area contributed by atoms with Crippen molar-refractivity contribution in [1.29, 1.82) is 0 Å². The Kier molecular flexibility index (Phi) is 5.48. The topological polar surface area (TPSA) is 57.8 Å². The number of rotatable bonds is 6. The lowest BCUT2D eigenvalue weighted by Gasteiger charge is -2.09. The third-order valence-electron chi connectivity index (χ3n) is 5.49. The van der Waals surface area contributed by atoms with E-state index in [1.807, 2.05) is 6.07 Å². The molecule has 0 saturated heterocycles. The van der Waals surface area contributed by atoms with Gasteiger partial charge in [-0.25, -0.2) is 0 Å². The zero-order valence-electron chi connectivity index (χ0n) is 15.6. The van der Waals surface area contributed by atoms with Gasteiger partial charge in [0.1, 0.15) is 0 Å². The van der Waals surface area contributed by atoms with E-state index in [4.69, 9.17) is 0 Å². The smallest absolute Gasteiger partial charge is 0.225 e. The normalized spacial score (nSPS) is 14.7. The number of fused-ring (bicyclic) bond motifs is 1. The summed E-state index contributed by atoms with van der Waals surface area (Å²) in [5.74, 6) is 1.42. The van der Waals surface area contributed by atoms with Crippen LogP contribution in [0.1, 0.15) is 38.5 Å². The van der Waals surface area contributed by atoms with Crippen LogP contribution in [0.5, 0.6) is 0 Å². The number of nitrogens with zero attached hydrogens (tertiary/aromatic N) is 1. The Morgan fingerprint density at radius 2 is 2.04 bits per heavy atom. The number of carbonyl (C=O) groups is 1. The van der Waals surface area contributed by atoms with Gasteiger partial charge in [-0.1, -0.05) is 49.9 Å². The monoisotopic (exact) mass is 379 g/mol. The van der Waals surface area contributed by atoms with Crippen LogP contribution in [-0.4, -0.2) is 22.4 Å². The molecule has 27 heavy (non-hydrogen) atoms. The summed E-state index contributed by atoms with van der Waals surface area (Å²) in [5, 5.41) is 11.3. The van der Waals surface area contributed by atoms with Crippen LogP contribution in [0.3, 0.4) is 0 Å². The lowest BCUT2D eigenvalue weighted by Crippen LogP contribution is -2.13. The molecule has 2 N–H and O–H groups in total. The molecular formula is C22H25N3OS. The maximum absolute atomic E-state index is 12.3. The minimum absolute atomic E-state index is 0.0621. The fourth-order valence-corrected chi connectivity index (χ4v) is 4.61. The molecule has 0 unspecified atom stereocenters. The van der Waals surface area contributed by atoms with Crippen LogP contribution < -0.4 is 5.32 Å². The number of amides is 1. The van der Waals surface area contributed by atoms with Gasteiger partial charge in [-0.2, -0.15) is 5.10 Å². The number of anilines is 1. The highest BCUT2D eigenvalue weighted by Gasteiger charge is 2.17. The lowest BCUT2D eigenvalue weighted by molar-refractivity contribution is -0.116. The summed E-state index contributed by atoms with van der Waals surface area (Å²) in [4.78, 5) is 13.6. The molecule has 4 rings (SSSR count). The second kappa shape index (κ2) is 8.17. The van der Waals surface area contributed by atoms with Crippen LogP contribution >= 0.6 is 11.8 Å². The maximum Gasteiger partial charge on any atom is 0.225 e. The van der Waals surface area contributed by atoms with E-state index in [1.54, 1.807) is 11.8 Å². The number of aromatic nitrogens is 2. The van der Waals surface area contributed by atoms with Crippen molar-refractivity contribution in [3.05, 3.63) is 42.5 Å². The molecule has 1 aliphatic rings. The Bertz CT molecular complexity index is 944. The second-order valence-electron chi connectivity index (χ2n) is 7.27. The van der Waals surface area contributed by atoms with E-state index in [1.165, 1.54) is 36.1 Å². The van der Waals surface area contributed by atoms with Gasteiger partial charge in [-0.15, -0.1) is 11.8 Å². The SMILES string of the molecule is CSc1ccccc1-c1ccc2c(NC(=O)CCC3CCCC3)n[nH]c2c1. The Labute approximate surface area is 164 Å². The van der Waals surface area contributed by atoms with Crippen LogP contribution in [0, 0.1) is 5.92 Å². The van der Waals surface area contributed by atoms with Gasteiger partial charge in [-0.3, -0.25) is 9.89 Å². The van der Waals surface area contributed by atoms with Crippen LogP contribution in [-0.2, 0) is 4.79 Å². The standard InChI is InChI=1S/C22H25N3OS/c1-27-20-9-5-4-8-17(20)16-11-12-18-19(14-16)24-25-22(18)23-21(26)13-10-15-6-2-3-7-15/h4-5,8-9,11-12,14-15H,2-3,6-7,10,13H2,1H3,(H2,23,24,25,26). The molecule has 0 atom stereocenters. The molecule has 1 saturated carbocycles. The number of carbonyl (C=O) groups excluding carboxylic acids is 1. The minimum atomic E-state index is 0.0621. The van der Waals surface area contributed by atoms with Crippen LogP contribution in [0.2, 0.25) is 0 Å². The average Bonchev–Trinajstić information content (AvgIpc) is 3.36. The summed E-state index contributed by atoms with van der Waals surface area (Å²) >= 11 is 1.74. The summed E-state index contributed by atoms with van der Waals surface area (Å²) in [6, 6.07) is 14.6. The summed E-state index contributed by atoms with van der Waals surface area (Å²) in [6.45, 7) is 0. The number of hydrogen-bond donors (Lipinski definition) is 2. The number of H-pyrrole nitrogens is 1. The van der Waals surface area contributed by atoms with Gasteiger partial charge < -0.3 is 5.32 Å². The highest BCUT2D eigenvalue weighted by atomic mass is 32.2. The fourth-order valence-electron chi connectivity index (χ4n) is 3.99. The van der Waals surface area contributed by atoms with Gasteiger partial charge in [0.25, 0.3) is 0 Å². The summed E-state index contributed by atoms with van der Waals surface area (Å²) < 4.78 is 0. The van der Waals surface area contributed by atoms with Gasteiger partial charge in [0, 0.05) is 16.7 Å². The molecule has 2 aromatic carbocycles. The molecule has 1 aromatic heterocycles. The van der Waals surface area contributed by atoms with Crippen LogP contribution in [0.4, 0.5) is 5.82 Å². The third kappa shape index (κ3) is 4.03. The lowest BCUT2D eigenvalue weighted by atomic mass is 10.0. The van der Waals surface area contributed by atoms with Crippen molar-refractivity contribution in [2.75, 3.05) is 11.6 Å². The molecule has 1 fully saturated rings. The van der Waals surface area contributed by atoms with Crippen molar-refractivity contribution in [3.63, 3.8) is 0 Å². The van der Waals surface area contributed by atoms with E-state index in [9.17, 15) is 4.79 Å². The first kappa shape index (κ1) is 18.1. The molecule has 1 aliphatic carbocycles. The highest BCUT2D eigenvalue weighted by Crippen LogP contribution is 2.33. The molecule has 5 heteroatoms. The molecule has 4 nitrogen and oxygen atoms in total. The zero-order valence-corrected chi connectivity index (χ0v) is 16.4. The van der Waals surface area contributed by atoms with Crippen molar-refractivity contribution >= 4 is 34.4 Å². The van der Waals surface area contributed by atoms with Gasteiger partial charge >= 0.3 is 0 Å². The van der Waals surface area contributed by atoms with E-state index in [0.717, 1.165) is 28.8 Å². The van der Waals surface area contributed by atoms with Gasteiger partial charge in [-0.05, 0) is 47.9 Å². The molecular weight excluding hydrogens is 354 g/mol. The van der Waals surface area contributed by atoms with E-state index in [2.05, 4.69) is 58.2 Å². The summed E-state index contributed by atoms with van der Waals surface area (Å²) in [5.41, 5.74) is 3.30. The van der Waals surface area contributed by atoms with Crippen molar-refractivity contribution in [1.82, 2.24) is 10.2 Å². The number of aromatic amines is 1. The Hall–Kier alpha value is -2.27. The third-order valence-corrected chi connectivity index (χ3v) is 6.29. The summed E-state index contributed by atoms with van der Waals surface area (Å²) in [6.07, 6.45) is 8.85. The van der Waals surface area contributed by atoms with Gasteiger partial charge in [0.2, 0.25) is 5.91 Å². The van der Waals surface area contributed by atoms with Crippen molar-refractivity contribution in [2.24, 2.45) is 5.92 Å². The van der Waals surface area contributed by atoms with Crippen molar-refractivity contribution in [2.45, 2.75) is 43.4 Å². The highest BCUT2D eigenvalue weighted by molar-refractivity contribution is 7.98. The molecule has 0 bridgehead atoms. The van der Waals surface area contributed by atoms with Crippen molar-refractivity contribution < 1.29 is 4.79 Å². The van der Waals surface area contributed by atoms with E-state index in [0.29, 0.717) is 12.2 Å². The molecule has 140 valence electrons. The quantitative estimate of drug-likeness (QED) is 0.527. The van der Waals surface area contributed by atoms with E-state index >= 15 is 0 Å². The first-order chi connectivity index (χ1) is 13.2. The number of thioether (sulfide) groups is 1. The van der Waals surface area contributed by atoms with Crippen molar-refractivity contribution in [3.8, 4) is 11.1 Å². The molecule has 1 amide bonds. The minimum Gasteiger partial charge on any atom is -0.309 e. The van der Waals surface area contributed by atoms with Gasteiger partial charge in [0.15, 0.2) is 5.82 Å². The molecule has 0 spiro atoms. The first-order valence-electron chi connectivity index (χ1n) is 9.66. The van der Waals surface area contributed by atoms with Gasteiger partial charge in [0.05, 0.1) is 5.52 Å². The second-order valence-corrected chi connectivity index (χ2v) is 8.12. The largest absolute Gasteiger partial charge is 0.309 e. The number of benzene rings is 2. The Morgan fingerprint density at radius 3 is 2.85 bits per heavy atom. The predicted octanol–water partition coefficient (Wildman–Crippen LogP) is 5.86. The Morgan fingerprint density at radius 1 is 1.22 bits per heavy atom. The molecule has 0 aliphatic heterocycles. The summed E-state index contributed by atoms with van der Waals surface area (Å²) in [7, 11) is 0. The number of hydrogen-bond acceptors (Lipinski definition) is 3. The molecule has 1 heterocycles. The molecule has 3 aromatic rings. The fraction of sp³-hybridized carbons (Fsp3) is 0.364. The number of nitrogens with one attached hydrogen (secondary N) is 2. The van der Waals surface area contributed by atoms with Crippen LogP contribution in [0.15, 0.2) is 47.4 Å². The maximum atomic E-state index is 12.3. The first-order valence-corrected chi connectivity index (χ1v) is 10.9. The van der Waals surface area contributed by atoms with Crippen LogP contribution in [0.25, 0.3) is 22.0 Å². The zero-order chi connectivity index (χ0) is 18.6. The predicted molar refractivity (Wildman–Crippen MR) is 113 cm³/mol. The Balaban J connectivity index is 1.49. The van der Waals surface area contributed by atoms with E-state index < -0.39 is 0 Å². The average molecular weight is 380 g/mol. The molecule has 0 radical (unpaired) electrons. The van der Waals surface area contributed by atoms with E-state index in [-0.39, 0.29) is 5.91 Å².